The molecule has 0 heterocycles. The van der Waals surface area contributed by atoms with Crippen LogP contribution in [-0.4, -0.2) is 38.1 Å². The van der Waals surface area contributed by atoms with Crippen LogP contribution in [0.15, 0.2) is 42.5 Å². The van der Waals surface area contributed by atoms with Crippen LogP contribution in [0.25, 0.3) is 0 Å². The van der Waals surface area contributed by atoms with Crippen LogP contribution in [0.3, 0.4) is 0 Å². The molecule has 0 saturated heterocycles. The average molecular weight is 327 g/mol. The van der Waals surface area contributed by atoms with Gasteiger partial charge in [-0.15, -0.1) is 0 Å². The quantitative estimate of drug-likeness (QED) is 0.782. The summed E-state index contributed by atoms with van der Waals surface area (Å²) < 4.78 is 10.9. The summed E-state index contributed by atoms with van der Waals surface area (Å²) in [7, 11) is 3.42. The van der Waals surface area contributed by atoms with Gasteiger partial charge in [0.25, 0.3) is 0 Å². The molecule has 2 aromatic rings. The number of methoxy groups -OCH3 is 1. The molecule has 0 aromatic heterocycles. The number of aryl methyl sites for hydroxylation is 2. The highest BCUT2D eigenvalue weighted by atomic mass is 16.5. The second-order valence-electron chi connectivity index (χ2n) is 6.02. The van der Waals surface area contributed by atoms with Crippen LogP contribution in [0, 0.1) is 13.8 Å². The van der Waals surface area contributed by atoms with Crippen molar-refractivity contribution in [1.29, 1.82) is 0 Å². The second kappa shape index (κ2) is 8.39. The SMILES string of the molecule is COc1cccc(CC(=O)N(C)CCOc2cc(C)cc(C)c2)c1. The third kappa shape index (κ3) is 5.30. The lowest BCUT2D eigenvalue weighted by molar-refractivity contribution is -0.129. The van der Waals surface area contributed by atoms with Crippen LogP contribution >= 0.6 is 0 Å². The Balaban J connectivity index is 1.83. The largest absolute Gasteiger partial charge is 0.497 e. The molecule has 4 heteroatoms. The van der Waals surface area contributed by atoms with E-state index in [-0.39, 0.29) is 5.91 Å². The summed E-state index contributed by atoms with van der Waals surface area (Å²) in [4.78, 5) is 14.0. The predicted octanol–water partition coefficient (Wildman–Crippen LogP) is 3.39. The number of carbonyl (C=O) groups excluding carboxylic acids is 1. The first-order chi connectivity index (χ1) is 11.5. The predicted molar refractivity (Wildman–Crippen MR) is 95.7 cm³/mol. The summed E-state index contributed by atoms with van der Waals surface area (Å²) >= 11 is 0. The first-order valence-corrected chi connectivity index (χ1v) is 8.06. The van der Waals surface area contributed by atoms with Crippen LogP contribution in [0.1, 0.15) is 16.7 Å². The number of ether oxygens (including phenoxy) is 2. The van der Waals surface area contributed by atoms with Crippen molar-refractivity contribution >= 4 is 5.91 Å². The van der Waals surface area contributed by atoms with Gasteiger partial charge < -0.3 is 14.4 Å². The third-order valence-corrected chi connectivity index (χ3v) is 3.81. The highest BCUT2D eigenvalue weighted by Gasteiger charge is 2.10. The van der Waals surface area contributed by atoms with Gasteiger partial charge in [-0.3, -0.25) is 4.79 Å². The molecule has 0 N–H and O–H groups in total. The minimum atomic E-state index is 0.0623. The van der Waals surface area contributed by atoms with Crippen LogP contribution in [0.2, 0.25) is 0 Å². The molecule has 0 atom stereocenters. The van der Waals surface area contributed by atoms with E-state index in [0.717, 1.165) is 17.1 Å². The molecule has 0 saturated carbocycles. The van der Waals surface area contributed by atoms with Crippen molar-refractivity contribution in [2.45, 2.75) is 20.3 Å². The fourth-order valence-corrected chi connectivity index (χ4v) is 2.53. The van der Waals surface area contributed by atoms with E-state index in [4.69, 9.17) is 9.47 Å². The molecule has 1 amide bonds. The van der Waals surface area contributed by atoms with Gasteiger partial charge in [0.1, 0.15) is 18.1 Å². The number of benzene rings is 2. The molecule has 0 aliphatic carbocycles. The number of likely N-dealkylation sites (N-methyl/N-ethyl adjacent to an activating group) is 1. The van der Waals surface area contributed by atoms with Crippen LogP contribution in [0.4, 0.5) is 0 Å². The molecule has 0 radical (unpaired) electrons. The Kier molecular flexibility index (Phi) is 6.24. The van der Waals surface area contributed by atoms with Gasteiger partial charge in [0.05, 0.1) is 20.1 Å². The van der Waals surface area contributed by atoms with Gasteiger partial charge in [-0.1, -0.05) is 18.2 Å². The lowest BCUT2D eigenvalue weighted by Gasteiger charge is -2.18. The summed E-state index contributed by atoms with van der Waals surface area (Å²) in [6.07, 6.45) is 0.358. The Bertz CT molecular complexity index is 677. The highest BCUT2D eigenvalue weighted by molar-refractivity contribution is 5.78. The molecule has 0 unspecified atom stereocenters. The van der Waals surface area contributed by atoms with E-state index < -0.39 is 0 Å². The minimum absolute atomic E-state index is 0.0623. The molecule has 0 aliphatic heterocycles. The maximum absolute atomic E-state index is 12.3. The second-order valence-corrected chi connectivity index (χ2v) is 6.02. The number of hydrogen-bond donors (Lipinski definition) is 0. The van der Waals surface area contributed by atoms with E-state index in [0.29, 0.717) is 19.6 Å². The summed E-state index contributed by atoms with van der Waals surface area (Å²) in [5, 5.41) is 0. The maximum atomic E-state index is 12.3. The van der Waals surface area contributed by atoms with Crippen molar-refractivity contribution in [3.63, 3.8) is 0 Å². The van der Waals surface area contributed by atoms with Gasteiger partial charge in [0.15, 0.2) is 0 Å². The van der Waals surface area contributed by atoms with E-state index in [2.05, 4.69) is 6.07 Å². The smallest absolute Gasteiger partial charge is 0.226 e. The molecule has 0 spiro atoms. The molecule has 0 fully saturated rings. The van der Waals surface area contributed by atoms with E-state index >= 15 is 0 Å². The van der Waals surface area contributed by atoms with Gasteiger partial charge in [0.2, 0.25) is 5.91 Å². The van der Waals surface area contributed by atoms with Crippen molar-refractivity contribution in [3.8, 4) is 11.5 Å². The zero-order valence-corrected chi connectivity index (χ0v) is 14.8. The molecule has 0 bridgehead atoms. The van der Waals surface area contributed by atoms with Crippen LogP contribution < -0.4 is 9.47 Å². The lowest BCUT2D eigenvalue weighted by atomic mass is 10.1. The van der Waals surface area contributed by atoms with Gasteiger partial charge >= 0.3 is 0 Å². The number of carbonyl (C=O) groups is 1. The molecular formula is C20H25NO3. The van der Waals surface area contributed by atoms with E-state index in [9.17, 15) is 4.79 Å². The first kappa shape index (κ1) is 17.9. The van der Waals surface area contributed by atoms with E-state index in [1.54, 1.807) is 19.1 Å². The first-order valence-electron chi connectivity index (χ1n) is 8.06. The Morgan fingerprint density at radius 3 is 2.42 bits per heavy atom. The van der Waals surface area contributed by atoms with Gasteiger partial charge in [-0.05, 0) is 54.8 Å². The summed E-state index contributed by atoms with van der Waals surface area (Å²) in [6, 6.07) is 13.7. The van der Waals surface area contributed by atoms with E-state index in [1.165, 1.54) is 11.1 Å². The Hall–Kier alpha value is -2.49. The van der Waals surface area contributed by atoms with Crippen molar-refractivity contribution in [3.05, 3.63) is 59.2 Å². The number of amides is 1. The maximum Gasteiger partial charge on any atom is 0.226 e. The average Bonchev–Trinajstić information content (AvgIpc) is 2.54. The zero-order valence-electron chi connectivity index (χ0n) is 14.8. The number of hydrogen-bond acceptors (Lipinski definition) is 3. The number of rotatable bonds is 7. The fraction of sp³-hybridized carbons (Fsp3) is 0.350. The Morgan fingerprint density at radius 2 is 1.75 bits per heavy atom. The Labute approximate surface area is 144 Å². The monoisotopic (exact) mass is 327 g/mol. The van der Waals surface area contributed by atoms with Crippen LogP contribution in [0.5, 0.6) is 11.5 Å². The van der Waals surface area contributed by atoms with Crippen LogP contribution in [-0.2, 0) is 11.2 Å². The topological polar surface area (TPSA) is 38.8 Å². The molecule has 128 valence electrons. The van der Waals surface area contributed by atoms with Crippen molar-refractivity contribution in [2.24, 2.45) is 0 Å². The molecule has 4 nitrogen and oxygen atoms in total. The normalized spacial score (nSPS) is 10.3. The van der Waals surface area contributed by atoms with Gasteiger partial charge in [0, 0.05) is 7.05 Å². The molecule has 24 heavy (non-hydrogen) atoms. The minimum Gasteiger partial charge on any atom is -0.497 e. The van der Waals surface area contributed by atoms with Crippen molar-refractivity contribution in [1.82, 2.24) is 4.90 Å². The van der Waals surface area contributed by atoms with E-state index in [1.807, 2.05) is 50.2 Å². The van der Waals surface area contributed by atoms with Gasteiger partial charge in [-0.25, -0.2) is 0 Å². The highest BCUT2D eigenvalue weighted by Crippen LogP contribution is 2.16. The summed E-state index contributed by atoms with van der Waals surface area (Å²) in [6.45, 7) is 5.12. The van der Waals surface area contributed by atoms with Gasteiger partial charge in [-0.2, -0.15) is 0 Å². The molecular weight excluding hydrogens is 302 g/mol. The summed E-state index contributed by atoms with van der Waals surface area (Å²) in [5.74, 6) is 1.68. The molecule has 0 aliphatic rings. The standard InChI is InChI=1S/C20H25NO3/c1-15-10-16(2)12-19(11-15)24-9-8-21(3)20(22)14-17-6-5-7-18(13-17)23-4/h5-7,10-13H,8-9,14H2,1-4H3. The van der Waals surface area contributed by atoms with Crippen molar-refractivity contribution in [2.75, 3.05) is 27.3 Å². The van der Waals surface area contributed by atoms with Crippen molar-refractivity contribution < 1.29 is 14.3 Å². The fourth-order valence-electron chi connectivity index (χ4n) is 2.53. The molecule has 2 aromatic carbocycles. The summed E-state index contributed by atoms with van der Waals surface area (Å²) in [5.41, 5.74) is 3.29. The molecule has 2 rings (SSSR count). The number of nitrogens with zero attached hydrogens (tertiary/aromatic N) is 1. The Morgan fingerprint density at radius 1 is 1.04 bits per heavy atom. The third-order valence-electron chi connectivity index (χ3n) is 3.81. The zero-order chi connectivity index (χ0) is 17.5. The lowest BCUT2D eigenvalue weighted by Crippen LogP contribution is -2.32.